The van der Waals surface area contributed by atoms with Crippen molar-refractivity contribution in [3.63, 3.8) is 0 Å². The molecule has 0 saturated carbocycles. The molecule has 28 heteroatoms. The molecular weight excluding hydrogens is 1100 g/mol. The van der Waals surface area contributed by atoms with Gasteiger partial charge in [0.1, 0.15) is 42.9 Å². The number of sulfonamides is 4. The van der Waals surface area contributed by atoms with Crippen LogP contribution in [0.3, 0.4) is 0 Å². The van der Waals surface area contributed by atoms with E-state index >= 15 is 35.1 Å². The van der Waals surface area contributed by atoms with Crippen LogP contribution in [-0.2, 0) is 65.8 Å². The molecule has 8 bridgehead atoms. The lowest BCUT2D eigenvalue weighted by molar-refractivity contribution is 0.548. The van der Waals surface area contributed by atoms with E-state index in [1.54, 1.807) is 0 Å². The summed E-state index contributed by atoms with van der Waals surface area (Å²) in [5.74, 6) is -12.2. The summed E-state index contributed by atoms with van der Waals surface area (Å²) < 4.78 is 247. The van der Waals surface area contributed by atoms with Gasteiger partial charge in [-0.1, -0.05) is 0 Å². The van der Waals surface area contributed by atoms with E-state index in [2.05, 4.69) is 19.9 Å². The van der Waals surface area contributed by atoms with Crippen LogP contribution in [0.5, 0.6) is 0 Å². The Morgan fingerprint density at radius 3 is 0.711 bits per heavy atom. The molecule has 398 valence electrons. The van der Waals surface area contributed by atoms with Crippen LogP contribution in [0, 0.1) is 46.5 Å². The largest absolute Gasteiger partial charge is 0.354 e. The first-order chi connectivity index (χ1) is 35.8. The van der Waals surface area contributed by atoms with E-state index in [4.69, 9.17) is 0 Å². The minimum Gasteiger partial charge on any atom is -0.354 e. The van der Waals surface area contributed by atoms with Crippen LogP contribution in [0.2, 0.25) is 0 Å². The van der Waals surface area contributed by atoms with E-state index in [9.17, 15) is 33.7 Å². The third-order valence-electron chi connectivity index (χ3n) is 12.8. The molecule has 3 aromatic heterocycles. The number of aryl methyl sites for hydroxylation is 4. The van der Waals surface area contributed by atoms with Gasteiger partial charge < -0.3 is 9.97 Å². The highest BCUT2D eigenvalue weighted by Crippen LogP contribution is 2.44. The van der Waals surface area contributed by atoms with Crippen molar-refractivity contribution in [3.05, 3.63) is 142 Å². The fraction of sp³-hybridized carbons (Fsp3) is 0.167. The first-order valence-electron chi connectivity index (χ1n) is 22.3. The molecule has 7 aromatic rings. The van der Waals surface area contributed by atoms with Crippen molar-refractivity contribution in [1.29, 1.82) is 0 Å². The van der Waals surface area contributed by atoms with Gasteiger partial charge in [-0.25, -0.2) is 87.7 Å². The molecule has 6 N–H and O–H groups in total. The zero-order valence-corrected chi connectivity index (χ0v) is 42.8. The molecule has 0 unspecified atom stereocenters. The smallest absolute Gasteiger partial charge is 0.243 e. The van der Waals surface area contributed by atoms with E-state index in [0.717, 1.165) is 52.5 Å². The number of H-pyrrole nitrogens is 2. The summed E-state index contributed by atoms with van der Waals surface area (Å²) in [6.07, 6.45) is -1.59. The van der Waals surface area contributed by atoms with Crippen LogP contribution in [0.15, 0.2) is 92.4 Å². The van der Waals surface area contributed by atoms with Gasteiger partial charge in [0, 0.05) is 44.3 Å². The zero-order valence-electron chi connectivity index (χ0n) is 39.6. The van der Waals surface area contributed by atoms with Crippen LogP contribution >= 0.6 is 0 Å². The maximum Gasteiger partial charge on any atom is 0.243 e. The number of benzene rings is 4. The topological polar surface area (TPSA) is 242 Å². The summed E-state index contributed by atoms with van der Waals surface area (Å²) in [5.41, 5.74) is -9.16. The SMILES string of the molecule is CNS(=O)(=O)c1ccc(F)c(-c2c3nc(c(-c4c(F)ccc(S(=O)(=O)NC)c4F)c4ccc([nH]4)c(-c4c(F)ccc(S(=O)(=O)NC)c4F)c4nc(c(-c5c(F)ccc(S(=O)(=O)NC)c5F)c5ccc2[nH]5)CC4)CC3)c1F. The molecule has 0 saturated heterocycles. The highest BCUT2D eigenvalue weighted by molar-refractivity contribution is 7.90. The Labute approximate surface area is 427 Å². The molecular formula is C48H38F8N8O8S4. The molecule has 76 heavy (non-hydrogen) atoms. The molecule has 0 atom stereocenters. The Morgan fingerprint density at radius 2 is 0.526 bits per heavy atom. The lowest BCUT2D eigenvalue weighted by atomic mass is 9.99. The molecule has 2 aliphatic heterocycles. The first kappa shape index (κ1) is 53.9. The number of halogens is 8. The van der Waals surface area contributed by atoms with Crippen molar-refractivity contribution < 1.29 is 68.8 Å². The van der Waals surface area contributed by atoms with Gasteiger partial charge in [-0.2, -0.15) is 0 Å². The Balaban J connectivity index is 1.58. The Morgan fingerprint density at radius 1 is 0.329 bits per heavy atom. The number of hydrogen-bond donors (Lipinski definition) is 6. The van der Waals surface area contributed by atoms with Crippen molar-refractivity contribution in [3.8, 4) is 44.5 Å². The molecule has 0 spiro atoms. The standard InChI is InChI=1S/C48H38F8N8O8S4/c1-57-73(65,66)33-17-5-21(49)37(45(33)53)41-25-9-11-27(61-25)42(38-22(50)6-18-34(46(38)54)74(67,68)58-2)29-13-15-31(63-29)44(40-24(52)8-20-36(48(40)56)76(71,72)60-4)32-16-14-30(64-32)43(28-12-10-26(41)62-28)39-23(51)7-19-35(47(39)55)75(69,70)59-3/h5-9,11,14,16-20,57-61,64H,10,12-13,15H2,1-4H3. The minimum absolute atomic E-state index is 0.329. The van der Waals surface area contributed by atoms with Gasteiger partial charge in [0.15, 0.2) is 23.3 Å². The number of aromatic amines is 2. The lowest BCUT2D eigenvalue weighted by Crippen LogP contribution is -2.20. The van der Waals surface area contributed by atoms with Crippen LogP contribution in [0.25, 0.3) is 66.6 Å². The zero-order chi connectivity index (χ0) is 55.1. The van der Waals surface area contributed by atoms with Crippen LogP contribution < -0.4 is 18.9 Å². The number of nitrogens with one attached hydrogen (secondary N) is 6. The summed E-state index contributed by atoms with van der Waals surface area (Å²) in [6.45, 7) is 0. The first-order valence-corrected chi connectivity index (χ1v) is 28.2. The molecule has 2 aliphatic rings. The van der Waals surface area contributed by atoms with Gasteiger partial charge >= 0.3 is 0 Å². The van der Waals surface area contributed by atoms with Crippen molar-refractivity contribution in [2.75, 3.05) is 28.2 Å². The van der Waals surface area contributed by atoms with Crippen molar-refractivity contribution in [1.82, 2.24) is 38.8 Å². The summed E-state index contributed by atoms with van der Waals surface area (Å²) in [4.78, 5) is 10.7. The van der Waals surface area contributed by atoms with E-state index in [1.165, 1.54) is 0 Å². The number of fused-ring (bicyclic) bond motifs is 8. The molecule has 0 fully saturated rings. The van der Waals surface area contributed by atoms with E-state index in [-0.39, 0.29) is 44.8 Å². The maximum atomic E-state index is 17.0. The normalized spacial score (nSPS) is 13.4. The van der Waals surface area contributed by atoms with Crippen LogP contribution in [0.4, 0.5) is 35.1 Å². The Hall–Kier alpha value is -6.92. The fourth-order valence-electron chi connectivity index (χ4n) is 9.18. The van der Waals surface area contributed by atoms with Crippen molar-refractivity contribution >= 4 is 62.2 Å². The van der Waals surface area contributed by atoms with Crippen LogP contribution in [0.1, 0.15) is 22.8 Å². The molecule has 9 rings (SSSR count). The Kier molecular flexibility index (Phi) is 13.9. The van der Waals surface area contributed by atoms with Gasteiger partial charge in [-0.15, -0.1) is 0 Å². The fourth-order valence-corrected chi connectivity index (χ4v) is 12.4. The number of aromatic nitrogens is 4. The second kappa shape index (κ2) is 19.6. The second-order valence-electron chi connectivity index (χ2n) is 16.9. The highest BCUT2D eigenvalue weighted by Gasteiger charge is 2.34. The molecule has 0 aliphatic carbocycles. The predicted molar refractivity (Wildman–Crippen MR) is 262 cm³/mol. The summed E-state index contributed by atoms with van der Waals surface area (Å²) in [6, 6.07) is 9.55. The molecule has 0 amide bonds. The van der Waals surface area contributed by atoms with Crippen molar-refractivity contribution in [2.45, 2.75) is 45.3 Å². The highest BCUT2D eigenvalue weighted by atomic mass is 32.2. The minimum atomic E-state index is -4.70. The lowest BCUT2D eigenvalue weighted by Gasteiger charge is -2.13. The van der Waals surface area contributed by atoms with E-state index in [0.29, 0.717) is 48.5 Å². The van der Waals surface area contributed by atoms with Gasteiger partial charge in [0.2, 0.25) is 40.1 Å². The van der Waals surface area contributed by atoms with Crippen LogP contribution in [-0.4, -0.2) is 81.8 Å². The summed E-state index contributed by atoms with van der Waals surface area (Å²) in [7, 11) is -15.0. The summed E-state index contributed by atoms with van der Waals surface area (Å²) in [5, 5.41) is 0. The number of nitrogens with zero attached hydrogens (tertiary/aromatic N) is 2. The molecule has 16 nitrogen and oxygen atoms in total. The number of hydrogen-bond acceptors (Lipinski definition) is 10. The molecule has 0 radical (unpaired) electrons. The van der Waals surface area contributed by atoms with E-state index in [1.807, 2.05) is 18.9 Å². The maximum absolute atomic E-state index is 17.0. The monoisotopic (exact) mass is 1130 g/mol. The molecule has 4 aromatic carbocycles. The van der Waals surface area contributed by atoms with E-state index < -0.39 is 176 Å². The van der Waals surface area contributed by atoms with Crippen molar-refractivity contribution in [2.24, 2.45) is 0 Å². The van der Waals surface area contributed by atoms with Gasteiger partial charge in [0.25, 0.3) is 0 Å². The second-order valence-corrected chi connectivity index (χ2v) is 24.3. The molecule has 5 heterocycles. The van der Waals surface area contributed by atoms with Gasteiger partial charge in [0.05, 0.1) is 45.0 Å². The Bertz CT molecular complexity index is 3770. The quantitative estimate of drug-likeness (QED) is 0.0667. The van der Waals surface area contributed by atoms with Gasteiger partial charge in [-0.05, 0) is 127 Å². The van der Waals surface area contributed by atoms with Gasteiger partial charge in [-0.3, -0.25) is 9.97 Å². The summed E-state index contributed by atoms with van der Waals surface area (Å²) >= 11 is 0. The average molecular weight is 1140 g/mol. The third-order valence-corrected chi connectivity index (χ3v) is 18.5. The predicted octanol–water partition coefficient (Wildman–Crippen LogP) is 7.30. The third kappa shape index (κ3) is 8.93. The average Bonchev–Trinajstić information content (AvgIpc) is 4.26. The number of rotatable bonds is 12.